The van der Waals surface area contributed by atoms with Crippen LogP contribution in [0.1, 0.15) is 11.3 Å². The van der Waals surface area contributed by atoms with E-state index >= 15 is 0 Å². The summed E-state index contributed by atoms with van der Waals surface area (Å²) in [6.45, 7) is 1.56. The fourth-order valence-corrected chi connectivity index (χ4v) is 1.99. The molecule has 18 heavy (non-hydrogen) atoms. The zero-order chi connectivity index (χ0) is 13.3. The number of halogens is 2. The Bertz CT molecular complexity index is 584. The fraction of sp³-hybridized carbons (Fsp3) is 0.250. The Morgan fingerprint density at radius 2 is 2.22 bits per heavy atom. The summed E-state index contributed by atoms with van der Waals surface area (Å²) in [5, 5.41) is 13.4. The van der Waals surface area contributed by atoms with E-state index in [2.05, 4.69) is 21.0 Å². The number of benzene rings is 1. The van der Waals surface area contributed by atoms with Crippen molar-refractivity contribution in [3.8, 4) is 11.6 Å². The first-order valence-electron chi connectivity index (χ1n) is 5.29. The number of ether oxygens (including phenoxy) is 1. The van der Waals surface area contributed by atoms with Gasteiger partial charge in [0, 0.05) is 11.5 Å². The molecule has 0 aliphatic carbocycles. The van der Waals surface area contributed by atoms with Gasteiger partial charge in [0.15, 0.2) is 11.6 Å². The Morgan fingerprint density at radius 3 is 2.89 bits per heavy atom. The molecule has 0 saturated carbocycles. The first-order valence-corrected chi connectivity index (χ1v) is 6.08. The standard InChI is InChI=1S/C12H12BrFN2O2/c1-7-9(6-17)12(16(2)15-7)18-11-5-8(13)3-4-10(11)14/h3-5,17H,6H2,1-2H3. The molecule has 1 N–H and O–H groups in total. The molecule has 6 heteroatoms. The van der Waals surface area contributed by atoms with Crippen molar-refractivity contribution in [1.82, 2.24) is 9.78 Å². The van der Waals surface area contributed by atoms with Gasteiger partial charge in [-0.1, -0.05) is 15.9 Å². The molecule has 0 spiro atoms. The van der Waals surface area contributed by atoms with Gasteiger partial charge in [-0.15, -0.1) is 0 Å². The Kier molecular flexibility index (Phi) is 3.68. The molecule has 2 aromatic rings. The number of hydrogen-bond acceptors (Lipinski definition) is 3. The van der Waals surface area contributed by atoms with Crippen LogP contribution in [0.25, 0.3) is 0 Å². The summed E-state index contributed by atoms with van der Waals surface area (Å²) >= 11 is 3.25. The van der Waals surface area contributed by atoms with E-state index in [0.29, 0.717) is 21.6 Å². The van der Waals surface area contributed by atoms with E-state index in [1.165, 1.54) is 16.8 Å². The van der Waals surface area contributed by atoms with Crippen molar-refractivity contribution >= 4 is 15.9 Å². The zero-order valence-electron chi connectivity index (χ0n) is 9.94. The van der Waals surface area contributed by atoms with Crippen LogP contribution in [-0.2, 0) is 13.7 Å². The molecule has 4 nitrogen and oxygen atoms in total. The maximum atomic E-state index is 13.6. The number of aliphatic hydroxyl groups is 1. The van der Waals surface area contributed by atoms with E-state index in [1.54, 1.807) is 20.0 Å². The molecule has 2 rings (SSSR count). The topological polar surface area (TPSA) is 47.3 Å². The molecule has 96 valence electrons. The van der Waals surface area contributed by atoms with Crippen molar-refractivity contribution in [1.29, 1.82) is 0 Å². The largest absolute Gasteiger partial charge is 0.436 e. The third-order valence-corrected chi connectivity index (χ3v) is 3.04. The van der Waals surface area contributed by atoms with Crippen molar-refractivity contribution < 1.29 is 14.2 Å². The lowest BCUT2D eigenvalue weighted by atomic mass is 10.2. The fourth-order valence-electron chi connectivity index (χ4n) is 1.65. The Morgan fingerprint density at radius 1 is 1.50 bits per heavy atom. The molecule has 0 unspecified atom stereocenters. The molecule has 1 heterocycles. The van der Waals surface area contributed by atoms with Gasteiger partial charge >= 0.3 is 0 Å². The quantitative estimate of drug-likeness (QED) is 0.947. The summed E-state index contributed by atoms with van der Waals surface area (Å²) in [6.07, 6.45) is 0. The normalized spacial score (nSPS) is 10.7. The predicted molar refractivity (Wildman–Crippen MR) is 68.0 cm³/mol. The summed E-state index contributed by atoms with van der Waals surface area (Å²) in [6, 6.07) is 4.42. The third kappa shape index (κ3) is 2.39. The number of hydrogen-bond donors (Lipinski definition) is 1. The lowest BCUT2D eigenvalue weighted by Crippen LogP contribution is -1.98. The summed E-state index contributed by atoms with van der Waals surface area (Å²) in [5.41, 5.74) is 1.21. The van der Waals surface area contributed by atoms with E-state index in [9.17, 15) is 9.50 Å². The van der Waals surface area contributed by atoms with Crippen LogP contribution < -0.4 is 4.74 Å². The van der Waals surface area contributed by atoms with Gasteiger partial charge in [0.2, 0.25) is 5.88 Å². The van der Waals surface area contributed by atoms with Crippen molar-refractivity contribution in [2.24, 2.45) is 7.05 Å². The van der Waals surface area contributed by atoms with Crippen molar-refractivity contribution in [3.05, 3.63) is 39.7 Å². The van der Waals surface area contributed by atoms with E-state index in [-0.39, 0.29) is 12.4 Å². The first kappa shape index (κ1) is 13.0. The Hall–Kier alpha value is -1.40. The van der Waals surface area contributed by atoms with Crippen LogP contribution in [0.3, 0.4) is 0 Å². The van der Waals surface area contributed by atoms with Gasteiger partial charge in [0.05, 0.1) is 17.9 Å². The third-order valence-electron chi connectivity index (χ3n) is 2.55. The number of aliphatic hydroxyl groups excluding tert-OH is 1. The van der Waals surface area contributed by atoms with Gasteiger partial charge in [-0.2, -0.15) is 5.10 Å². The van der Waals surface area contributed by atoms with Crippen molar-refractivity contribution in [2.75, 3.05) is 0 Å². The second-order valence-corrected chi connectivity index (χ2v) is 4.74. The lowest BCUT2D eigenvalue weighted by molar-refractivity contribution is 0.273. The molecule has 0 aliphatic rings. The Balaban J connectivity index is 2.42. The highest BCUT2D eigenvalue weighted by Gasteiger charge is 2.16. The highest BCUT2D eigenvalue weighted by molar-refractivity contribution is 9.10. The maximum Gasteiger partial charge on any atom is 0.223 e. The lowest BCUT2D eigenvalue weighted by Gasteiger charge is -2.08. The van der Waals surface area contributed by atoms with Gasteiger partial charge in [-0.05, 0) is 25.1 Å². The highest BCUT2D eigenvalue weighted by Crippen LogP contribution is 2.30. The van der Waals surface area contributed by atoms with Gasteiger partial charge in [-0.3, -0.25) is 0 Å². The van der Waals surface area contributed by atoms with Crippen LogP contribution in [0.15, 0.2) is 22.7 Å². The summed E-state index contributed by atoms with van der Waals surface area (Å²) in [5.74, 6) is -0.0463. The van der Waals surface area contributed by atoms with Crippen LogP contribution in [0.2, 0.25) is 0 Å². The first-order chi connectivity index (χ1) is 8.52. The van der Waals surface area contributed by atoms with E-state index < -0.39 is 5.82 Å². The van der Waals surface area contributed by atoms with Crippen LogP contribution in [0.5, 0.6) is 11.6 Å². The highest BCUT2D eigenvalue weighted by atomic mass is 79.9. The summed E-state index contributed by atoms with van der Waals surface area (Å²) in [4.78, 5) is 0. The molecular formula is C12H12BrFN2O2. The molecule has 1 aromatic carbocycles. The second kappa shape index (κ2) is 5.07. The number of rotatable bonds is 3. The molecule has 0 radical (unpaired) electrons. The van der Waals surface area contributed by atoms with Gasteiger partial charge < -0.3 is 9.84 Å². The van der Waals surface area contributed by atoms with Gasteiger partial charge in [0.1, 0.15) is 0 Å². The minimum absolute atomic E-state index is 0.0853. The average Bonchev–Trinajstić information content (AvgIpc) is 2.58. The van der Waals surface area contributed by atoms with E-state index in [0.717, 1.165) is 0 Å². The number of nitrogens with zero attached hydrogens (tertiary/aromatic N) is 2. The molecule has 0 fully saturated rings. The monoisotopic (exact) mass is 314 g/mol. The summed E-state index contributed by atoms with van der Waals surface area (Å²) in [7, 11) is 1.68. The second-order valence-electron chi connectivity index (χ2n) is 3.83. The van der Waals surface area contributed by atoms with E-state index in [1.807, 2.05) is 0 Å². The SMILES string of the molecule is Cc1nn(C)c(Oc2cc(Br)ccc2F)c1CO. The zero-order valence-corrected chi connectivity index (χ0v) is 11.5. The average molecular weight is 315 g/mol. The number of aromatic nitrogens is 2. The van der Waals surface area contributed by atoms with Crippen LogP contribution in [-0.4, -0.2) is 14.9 Å². The maximum absolute atomic E-state index is 13.6. The molecule has 0 saturated heterocycles. The molecular weight excluding hydrogens is 303 g/mol. The molecule has 0 bridgehead atoms. The van der Waals surface area contributed by atoms with Gasteiger partial charge in [0.25, 0.3) is 0 Å². The molecule has 0 amide bonds. The van der Waals surface area contributed by atoms with Gasteiger partial charge in [-0.25, -0.2) is 9.07 Å². The molecule has 0 aliphatic heterocycles. The van der Waals surface area contributed by atoms with Crippen LogP contribution >= 0.6 is 15.9 Å². The number of aryl methyl sites for hydroxylation is 2. The van der Waals surface area contributed by atoms with Crippen molar-refractivity contribution in [3.63, 3.8) is 0 Å². The van der Waals surface area contributed by atoms with Crippen molar-refractivity contribution in [2.45, 2.75) is 13.5 Å². The minimum Gasteiger partial charge on any atom is -0.436 e. The van der Waals surface area contributed by atoms with Crippen LogP contribution in [0, 0.1) is 12.7 Å². The van der Waals surface area contributed by atoms with E-state index in [4.69, 9.17) is 4.74 Å². The molecule has 0 atom stereocenters. The molecule has 1 aromatic heterocycles. The minimum atomic E-state index is -0.471. The van der Waals surface area contributed by atoms with Crippen LogP contribution in [0.4, 0.5) is 4.39 Å². The Labute approximate surface area is 112 Å². The smallest absolute Gasteiger partial charge is 0.223 e. The predicted octanol–water partition coefficient (Wildman–Crippen LogP) is 2.91. The summed E-state index contributed by atoms with van der Waals surface area (Å²) < 4.78 is 21.3.